The largest absolute Gasteiger partial charge is 0.507 e. The minimum absolute atomic E-state index is 0. The topological polar surface area (TPSA) is 46.0 Å². The van der Waals surface area contributed by atoms with Crippen LogP contribution in [0.4, 0.5) is 0 Å². The van der Waals surface area contributed by atoms with E-state index in [4.69, 9.17) is 9.97 Å². The van der Waals surface area contributed by atoms with Crippen LogP contribution >= 0.6 is 0 Å². The third-order valence-electron chi connectivity index (χ3n) is 11.2. The number of para-hydroxylation sites is 1. The Hall–Kier alpha value is -5.89. The summed E-state index contributed by atoms with van der Waals surface area (Å²) in [6, 6.07) is 58.5. The maximum absolute atomic E-state index is 11.1. The van der Waals surface area contributed by atoms with Crippen molar-refractivity contribution in [1.82, 2.24) is 9.97 Å². The Kier molecular flexibility index (Phi) is 12.5. The van der Waals surface area contributed by atoms with Gasteiger partial charge >= 0.3 is 0 Å². The van der Waals surface area contributed by atoms with Gasteiger partial charge in [0.2, 0.25) is 0 Å². The number of rotatable bonds is 9. The van der Waals surface area contributed by atoms with Gasteiger partial charge in [0.05, 0.1) is 5.69 Å². The zero-order chi connectivity index (χ0) is 41.3. The van der Waals surface area contributed by atoms with Crippen LogP contribution in [0, 0.1) is 6.07 Å². The van der Waals surface area contributed by atoms with E-state index in [1.165, 1.54) is 22.3 Å². The van der Waals surface area contributed by atoms with Crippen molar-refractivity contribution >= 4 is 0 Å². The van der Waals surface area contributed by atoms with Crippen molar-refractivity contribution in [1.29, 1.82) is 0 Å². The van der Waals surface area contributed by atoms with E-state index in [2.05, 4.69) is 176 Å². The Balaban J connectivity index is 0.00000544. The summed E-state index contributed by atoms with van der Waals surface area (Å²) in [7, 11) is 0. The number of pyridine rings is 2. The molecule has 0 aliphatic carbocycles. The molecule has 0 fully saturated rings. The van der Waals surface area contributed by atoms with Gasteiger partial charge in [-0.2, -0.15) is 0 Å². The first kappa shape index (κ1) is 42.2. The molecule has 0 radical (unpaired) electrons. The predicted octanol–water partition coefficient (Wildman–Crippen LogP) is 15.2. The second-order valence-corrected chi connectivity index (χ2v) is 17.2. The molecule has 3 nitrogen and oxygen atoms in total. The Morgan fingerprint density at radius 2 is 0.967 bits per heavy atom. The number of phenols is 1. The third kappa shape index (κ3) is 8.98. The molecule has 1 N–H and O–H groups in total. The smallest absolute Gasteiger partial charge is 0.124 e. The molecule has 0 bridgehead atoms. The number of phenolic OH excluding ortho intramolecular Hbond substituents is 1. The number of hydrogen-bond donors (Lipinski definition) is 1. The number of aromatic nitrogens is 2. The van der Waals surface area contributed by atoms with Crippen LogP contribution in [0.15, 0.2) is 164 Å². The Morgan fingerprint density at radius 3 is 1.52 bits per heavy atom. The van der Waals surface area contributed by atoms with Gasteiger partial charge in [0.15, 0.2) is 0 Å². The van der Waals surface area contributed by atoms with Crippen molar-refractivity contribution in [3.63, 3.8) is 0 Å². The van der Waals surface area contributed by atoms with Crippen LogP contribution in [0.1, 0.15) is 77.0 Å². The molecule has 0 amide bonds. The molecule has 8 aromatic rings. The maximum Gasteiger partial charge on any atom is 0.124 e. The number of benzene rings is 6. The van der Waals surface area contributed by atoms with Crippen LogP contribution in [-0.2, 0) is 26.5 Å². The molecule has 2 heterocycles. The second-order valence-electron chi connectivity index (χ2n) is 17.2. The fourth-order valence-corrected chi connectivity index (χ4v) is 7.92. The number of aromatic hydroxyl groups is 1. The van der Waals surface area contributed by atoms with Crippen molar-refractivity contribution in [2.75, 3.05) is 0 Å². The minimum atomic E-state index is 0. The summed E-state index contributed by atoms with van der Waals surface area (Å²) < 4.78 is 0. The second kappa shape index (κ2) is 17.8. The van der Waals surface area contributed by atoms with E-state index in [1.54, 1.807) is 6.07 Å². The molecule has 0 aliphatic heterocycles. The predicted molar refractivity (Wildman–Crippen MR) is 247 cm³/mol. The van der Waals surface area contributed by atoms with E-state index < -0.39 is 0 Å². The molecule has 0 saturated heterocycles. The van der Waals surface area contributed by atoms with Crippen molar-refractivity contribution in [3.05, 3.63) is 187 Å². The zero-order valence-corrected chi connectivity index (χ0v) is 37.7. The van der Waals surface area contributed by atoms with Gasteiger partial charge in [-0.1, -0.05) is 157 Å². The normalized spacial score (nSPS) is 11.5. The van der Waals surface area contributed by atoms with E-state index in [0.29, 0.717) is 23.1 Å². The molecule has 8 rings (SSSR count). The monoisotopic (exact) mass is 962 g/mol. The first-order valence-corrected chi connectivity index (χ1v) is 20.7. The fourth-order valence-electron chi connectivity index (χ4n) is 7.92. The minimum Gasteiger partial charge on any atom is -0.507 e. The van der Waals surface area contributed by atoms with Crippen LogP contribution in [0.3, 0.4) is 0 Å². The van der Waals surface area contributed by atoms with Crippen LogP contribution < -0.4 is 0 Å². The molecule has 0 atom stereocenters. The summed E-state index contributed by atoms with van der Waals surface area (Å²) in [6.07, 6.45) is 1.93. The first-order valence-electron chi connectivity index (χ1n) is 20.7. The van der Waals surface area contributed by atoms with E-state index >= 15 is 0 Å². The van der Waals surface area contributed by atoms with Gasteiger partial charge in [-0.3, -0.25) is 9.97 Å². The Labute approximate surface area is 370 Å². The standard InChI is InChI=1S/C56H51N2O.Pt/c1-36(2)49-34-47(56(5,6)7)35-50(37(3)4)55(49)42-25-26-57-51(31-42)40-21-16-22-41(27-40)52-32-46(33-53(58-52)48-23-14-15-24-54(48)59)45-29-43(38-17-10-8-11-18-38)28-44(30-45)39-19-12-9-13-20-39;/h8-26,28-37,59H,1-7H3;/q-1;. The molecule has 2 aromatic heterocycles. The molecule has 0 unspecified atom stereocenters. The van der Waals surface area contributed by atoms with Crippen LogP contribution in [0.2, 0.25) is 0 Å². The van der Waals surface area contributed by atoms with Gasteiger partial charge < -0.3 is 5.11 Å². The Morgan fingerprint density at radius 1 is 0.483 bits per heavy atom. The Bertz CT molecular complexity index is 2680. The van der Waals surface area contributed by atoms with E-state index in [-0.39, 0.29) is 32.2 Å². The summed E-state index contributed by atoms with van der Waals surface area (Å²) in [4.78, 5) is 10.1. The van der Waals surface area contributed by atoms with Gasteiger partial charge in [0, 0.05) is 44.2 Å². The SMILES string of the molecule is CC(C)c1cc(C(C)(C)C)cc(C(C)C)c1-c1ccnc(-c2[c-]c(-c3cc(-c4cc(-c5ccccc5)cc(-c5ccccc5)c4)cc(-c4ccccc4O)n3)ccc2)c1.[Pt]. The maximum atomic E-state index is 11.1. The molecule has 0 aliphatic rings. The van der Waals surface area contributed by atoms with Crippen molar-refractivity contribution in [2.24, 2.45) is 0 Å². The quantitative estimate of drug-likeness (QED) is 0.147. The summed E-state index contributed by atoms with van der Waals surface area (Å²) in [5.41, 5.74) is 17.9. The van der Waals surface area contributed by atoms with Crippen LogP contribution in [-0.4, -0.2) is 15.1 Å². The van der Waals surface area contributed by atoms with Crippen LogP contribution in [0.5, 0.6) is 5.75 Å². The zero-order valence-electron chi connectivity index (χ0n) is 35.4. The van der Waals surface area contributed by atoms with Crippen molar-refractivity contribution in [3.8, 4) is 84.0 Å². The summed E-state index contributed by atoms with van der Waals surface area (Å²) >= 11 is 0. The van der Waals surface area contributed by atoms with E-state index in [9.17, 15) is 5.11 Å². The molecule has 0 spiro atoms. The molecule has 302 valence electrons. The van der Waals surface area contributed by atoms with Crippen molar-refractivity contribution in [2.45, 2.75) is 65.7 Å². The van der Waals surface area contributed by atoms with Crippen LogP contribution in [0.25, 0.3) is 78.3 Å². The first-order chi connectivity index (χ1) is 28.4. The fraction of sp³-hybridized carbons (Fsp3) is 0.179. The number of nitrogens with zero attached hydrogens (tertiary/aromatic N) is 2. The summed E-state index contributed by atoms with van der Waals surface area (Å²) in [5.74, 6) is 0.886. The van der Waals surface area contributed by atoms with E-state index in [1.807, 2.05) is 36.5 Å². The molecule has 0 saturated carbocycles. The average molecular weight is 963 g/mol. The van der Waals surface area contributed by atoms with Gasteiger partial charge in [-0.15, -0.1) is 24.3 Å². The van der Waals surface area contributed by atoms with Gasteiger partial charge in [0.1, 0.15) is 5.75 Å². The molecule has 6 aromatic carbocycles. The van der Waals surface area contributed by atoms with Crippen molar-refractivity contribution < 1.29 is 26.2 Å². The van der Waals surface area contributed by atoms with Gasteiger partial charge in [0.25, 0.3) is 0 Å². The average Bonchev–Trinajstić information content (AvgIpc) is 3.26. The molecule has 60 heavy (non-hydrogen) atoms. The van der Waals surface area contributed by atoms with Gasteiger partial charge in [-0.25, -0.2) is 0 Å². The molecule has 4 heteroatoms. The number of hydrogen-bond acceptors (Lipinski definition) is 3. The van der Waals surface area contributed by atoms with E-state index in [0.717, 1.165) is 61.5 Å². The summed E-state index contributed by atoms with van der Waals surface area (Å²) in [5, 5.41) is 11.1. The summed E-state index contributed by atoms with van der Waals surface area (Å²) in [6.45, 7) is 16.1. The molecular formula is C56H51N2OPt-. The molecular weight excluding hydrogens is 912 g/mol. The van der Waals surface area contributed by atoms with Gasteiger partial charge in [-0.05, 0) is 121 Å². The third-order valence-corrected chi connectivity index (χ3v) is 11.2.